The Morgan fingerprint density at radius 1 is 1.09 bits per heavy atom. The molecule has 4 rings (SSSR count). The van der Waals surface area contributed by atoms with E-state index in [1.54, 1.807) is 29.2 Å². The Morgan fingerprint density at radius 3 is 2.68 bits per heavy atom. The smallest absolute Gasteiger partial charge is 0.255 e. The molecule has 9 nitrogen and oxygen atoms in total. The van der Waals surface area contributed by atoms with Crippen molar-refractivity contribution in [2.24, 2.45) is 0 Å². The third-order valence-corrected chi connectivity index (χ3v) is 6.14. The summed E-state index contributed by atoms with van der Waals surface area (Å²) in [7, 11) is 1.54. The summed E-state index contributed by atoms with van der Waals surface area (Å²) in [5.41, 5.74) is 2.81. The van der Waals surface area contributed by atoms with Gasteiger partial charge in [0.15, 0.2) is 0 Å². The fourth-order valence-electron chi connectivity index (χ4n) is 4.35. The summed E-state index contributed by atoms with van der Waals surface area (Å²) >= 11 is 0. The highest BCUT2D eigenvalue weighted by molar-refractivity contribution is 6.06. The molecule has 2 heterocycles. The Kier molecular flexibility index (Phi) is 7.10. The molecule has 4 amide bonds. The zero-order valence-corrected chi connectivity index (χ0v) is 19.1. The van der Waals surface area contributed by atoms with Crippen LogP contribution in [-0.2, 0) is 16.1 Å². The average molecular weight is 465 g/mol. The van der Waals surface area contributed by atoms with Gasteiger partial charge in [-0.2, -0.15) is 0 Å². The van der Waals surface area contributed by atoms with E-state index in [2.05, 4.69) is 16.0 Å². The van der Waals surface area contributed by atoms with E-state index >= 15 is 0 Å². The minimum Gasteiger partial charge on any atom is -0.496 e. The number of rotatable bonds is 9. The first-order chi connectivity index (χ1) is 16.5. The van der Waals surface area contributed by atoms with Crippen LogP contribution in [0.1, 0.15) is 52.0 Å². The number of nitrogens with zero attached hydrogens (tertiary/aromatic N) is 1. The Labute approximate surface area is 197 Å². The third kappa shape index (κ3) is 4.88. The van der Waals surface area contributed by atoms with Crippen molar-refractivity contribution in [1.29, 1.82) is 0 Å². The third-order valence-electron chi connectivity index (χ3n) is 6.14. The molecule has 178 valence electrons. The maximum atomic E-state index is 12.9. The minimum absolute atomic E-state index is 0.168. The van der Waals surface area contributed by atoms with E-state index in [9.17, 15) is 19.2 Å². The number of benzene rings is 2. The van der Waals surface area contributed by atoms with Gasteiger partial charge < -0.3 is 20.3 Å². The van der Waals surface area contributed by atoms with Gasteiger partial charge in [0.05, 0.1) is 12.7 Å². The van der Waals surface area contributed by atoms with Crippen molar-refractivity contribution in [2.75, 3.05) is 25.5 Å². The highest BCUT2D eigenvalue weighted by atomic mass is 16.5. The molecule has 1 saturated heterocycles. The SMILES string of the molecule is COc1ccccc1C(=O)NCCCCNc1cccc2c1CN(C1CCC(=O)NC1=O)C2=O. The molecule has 2 aromatic rings. The predicted octanol–water partition coefficient (Wildman–Crippen LogP) is 2.08. The first-order valence-electron chi connectivity index (χ1n) is 11.4. The molecule has 2 aliphatic heterocycles. The van der Waals surface area contributed by atoms with Crippen molar-refractivity contribution < 1.29 is 23.9 Å². The molecule has 0 saturated carbocycles. The first kappa shape index (κ1) is 23.3. The number of imide groups is 1. The lowest BCUT2D eigenvalue weighted by atomic mass is 10.0. The second-order valence-electron chi connectivity index (χ2n) is 8.32. The number of methoxy groups -OCH3 is 1. The molecule has 0 aliphatic carbocycles. The van der Waals surface area contributed by atoms with E-state index in [0.717, 1.165) is 24.1 Å². The normalized spacial score (nSPS) is 17.3. The monoisotopic (exact) mass is 464 g/mol. The van der Waals surface area contributed by atoms with Gasteiger partial charge in [-0.05, 0) is 43.5 Å². The van der Waals surface area contributed by atoms with Crippen LogP contribution in [0.2, 0.25) is 0 Å². The summed E-state index contributed by atoms with van der Waals surface area (Å²) in [5, 5.41) is 8.61. The maximum Gasteiger partial charge on any atom is 0.255 e. The van der Waals surface area contributed by atoms with Crippen molar-refractivity contribution in [1.82, 2.24) is 15.5 Å². The van der Waals surface area contributed by atoms with Gasteiger partial charge in [0.25, 0.3) is 11.8 Å². The lowest BCUT2D eigenvalue weighted by Gasteiger charge is -2.29. The van der Waals surface area contributed by atoms with Crippen LogP contribution in [0.25, 0.3) is 0 Å². The molecule has 3 N–H and O–H groups in total. The average Bonchev–Trinajstić information content (AvgIpc) is 3.18. The molecule has 2 aromatic carbocycles. The number of piperidine rings is 1. The lowest BCUT2D eigenvalue weighted by molar-refractivity contribution is -0.136. The van der Waals surface area contributed by atoms with E-state index in [4.69, 9.17) is 4.74 Å². The number of carbonyl (C=O) groups excluding carboxylic acids is 4. The molecular formula is C25H28N4O5. The Balaban J connectivity index is 1.27. The maximum absolute atomic E-state index is 12.9. The van der Waals surface area contributed by atoms with E-state index in [1.165, 1.54) is 7.11 Å². The molecule has 0 spiro atoms. The molecule has 2 aliphatic rings. The Hall–Kier alpha value is -3.88. The number of ether oxygens (including phenoxy) is 1. The first-order valence-corrected chi connectivity index (χ1v) is 11.4. The standard InChI is InChI=1S/C25H28N4O5/c1-34-21-10-3-2-7-17(21)23(31)27-14-5-4-13-26-19-9-6-8-16-18(19)15-29(25(16)33)20-11-12-22(30)28-24(20)32/h2-3,6-10,20,26H,4-5,11-15H2,1H3,(H,27,31)(H,28,30,32). The van der Waals surface area contributed by atoms with Crippen LogP contribution in [0.5, 0.6) is 5.75 Å². The van der Waals surface area contributed by atoms with Crippen molar-refractivity contribution in [3.63, 3.8) is 0 Å². The highest BCUT2D eigenvalue weighted by Gasteiger charge is 2.39. The van der Waals surface area contributed by atoms with Gasteiger partial charge in [0.1, 0.15) is 11.8 Å². The van der Waals surface area contributed by atoms with Gasteiger partial charge >= 0.3 is 0 Å². The number of para-hydroxylation sites is 1. The lowest BCUT2D eigenvalue weighted by Crippen LogP contribution is -2.52. The zero-order valence-electron chi connectivity index (χ0n) is 19.1. The largest absolute Gasteiger partial charge is 0.496 e. The summed E-state index contributed by atoms with van der Waals surface area (Å²) < 4.78 is 5.23. The summed E-state index contributed by atoms with van der Waals surface area (Å²) in [6.07, 6.45) is 2.17. The molecule has 0 aromatic heterocycles. The van der Waals surface area contributed by atoms with Gasteiger partial charge in [-0.3, -0.25) is 24.5 Å². The number of hydrogen-bond acceptors (Lipinski definition) is 6. The van der Waals surface area contributed by atoms with Crippen LogP contribution < -0.4 is 20.7 Å². The predicted molar refractivity (Wildman–Crippen MR) is 126 cm³/mol. The van der Waals surface area contributed by atoms with Crippen LogP contribution in [-0.4, -0.2) is 54.8 Å². The van der Waals surface area contributed by atoms with Crippen molar-refractivity contribution in [2.45, 2.75) is 38.3 Å². The van der Waals surface area contributed by atoms with Crippen molar-refractivity contribution in [3.8, 4) is 5.75 Å². The summed E-state index contributed by atoms with van der Waals surface area (Å²) in [4.78, 5) is 50.5. The van der Waals surface area contributed by atoms with Gasteiger partial charge in [-0.1, -0.05) is 18.2 Å². The quantitative estimate of drug-likeness (QED) is 0.386. The van der Waals surface area contributed by atoms with Crippen LogP contribution in [0, 0.1) is 0 Å². The summed E-state index contributed by atoms with van der Waals surface area (Å²) in [6, 6.07) is 12.0. The van der Waals surface area contributed by atoms with Gasteiger partial charge in [-0.15, -0.1) is 0 Å². The van der Waals surface area contributed by atoms with E-state index in [-0.39, 0.29) is 24.1 Å². The fraction of sp³-hybridized carbons (Fsp3) is 0.360. The highest BCUT2D eigenvalue weighted by Crippen LogP contribution is 2.32. The Morgan fingerprint density at radius 2 is 1.88 bits per heavy atom. The van der Waals surface area contributed by atoms with Crippen LogP contribution >= 0.6 is 0 Å². The van der Waals surface area contributed by atoms with E-state index < -0.39 is 11.9 Å². The number of anilines is 1. The number of nitrogens with one attached hydrogen (secondary N) is 3. The number of amides is 4. The molecule has 9 heteroatoms. The summed E-state index contributed by atoms with van der Waals surface area (Å²) in [5.74, 6) is -0.528. The number of fused-ring (bicyclic) bond motifs is 1. The van der Waals surface area contributed by atoms with Crippen LogP contribution in [0.4, 0.5) is 5.69 Å². The molecule has 1 unspecified atom stereocenters. The Bertz CT molecular complexity index is 1120. The minimum atomic E-state index is -0.627. The zero-order chi connectivity index (χ0) is 24.1. The van der Waals surface area contributed by atoms with Gasteiger partial charge in [0.2, 0.25) is 11.8 Å². The number of unbranched alkanes of at least 4 members (excludes halogenated alkanes) is 1. The van der Waals surface area contributed by atoms with E-state index in [0.29, 0.717) is 42.9 Å². The van der Waals surface area contributed by atoms with Crippen LogP contribution in [0.15, 0.2) is 42.5 Å². The fourth-order valence-corrected chi connectivity index (χ4v) is 4.35. The van der Waals surface area contributed by atoms with Crippen LogP contribution in [0.3, 0.4) is 0 Å². The molecule has 34 heavy (non-hydrogen) atoms. The molecule has 1 fully saturated rings. The number of hydrogen-bond donors (Lipinski definition) is 3. The van der Waals surface area contributed by atoms with E-state index in [1.807, 2.05) is 18.2 Å². The van der Waals surface area contributed by atoms with Gasteiger partial charge in [-0.25, -0.2) is 0 Å². The summed E-state index contributed by atoms with van der Waals surface area (Å²) in [6.45, 7) is 1.54. The van der Waals surface area contributed by atoms with Crippen molar-refractivity contribution in [3.05, 3.63) is 59.2 Å². The molecule has 0 bridgehead atoms. The van der Waals surface area contributed by atoms with Gasteiger partial charge in [0, 0.05) is 42.9 Å². The second-order valence-corrected chi connectivity index (χ2v) is 8.32. The number of carbonyl (C=O) groups is 4. The molecule has 0 radical (unpaired) electrons. The molecule has 1 atom stereocenters. The molecular weight excluding hydrogens is 436 g/mol. The van der Waals surface area contributed by atoms with Crippen molar-refractivity contribution >= 4 is 29.3 Å². The second kappa shape index (κ2) is 10.4. The topological polar surface area (TPSA) is 117 Å².